The van der Waals surface area contributed by atoms with Crippen LogP contribution < -0.4 is 5.32 Å². The quantitative estimate of drug-likeness (QED) is 0.799. The molecule has 0 aliphatic carbocycles. The molecule has 1 aromatic heterocycles. The van der Waals surface area contributed by atoms with Crippen molar-refractivity contribution in [3.8, 4) is 0 Å². The van der Waals surface area contributed by atoms with Gasteiger partial charge in [-0.1, -0.05) is 24.3 Å². The minimum atomic E-state index is -0.194. The zero-order valence-corrected chi connectivity index (χ0v) is 13.0. The molecule has 1 aliphatic rings. The van der Waals surface area contributed by atoms with Gasteiger partial charge in [0, 0.05) is 19.0 Å². The number of nitrogens with zero attached hydrogens (tertiary/aromatic N) is 2. The van der Waals surface area contributed by atoms with E-state index in [-0.39, 0.29) is 5.82 Å². The third-order valence-corrected chi connectivity index (χ3v) is 4.60. The number of aromatic nitrogens is 2. The van der Waals surface area contributed by atoms with Gasteiger partial charge in [-0.15, -0.1) is 0 Å². The Hall–Kier alpha value is -2.20. The number of rotatable bonds is 3. The summed E-state index contributed by atoms with van der Waals surface area (Å²) < 4.78 is 15.5. The van der Waals surface area contributed by atoms with Crippen molar-refractivity contribution >= 4 is 11.0 Å². The van der Waals surface area contributed by atoms with Gasteiger partial charge in [0.1, 0.15) is 11.6 Å². The smallest absolute Gasteiger partial charge is 0.123 e. The van der Waals surface area contributed by atoms with Gasteiger partial charge in [-0.25, -0.2) is 9.37 Å². The molecule has 0 bridgehead atoms. The van der Waals surface area contributed by atoms with Crippen LogP contribution in [0.1, 0.15) is 30.1 Å². The molecule has 1 atom stereocenters. The highest BCUT2D eigenvalue weighted by Gasteiger charge is 2.22. The summed E-state index contributed by atoms with van der Waals surface area (Å²) in [4.78, 5) is 4.90. The fraction of sp³-hybridized carbons (Fsp3) is 0.316. The highest BCUT2D eigenvalue weighted by Crippen LogP contribution is 2.27. The van der Waals surface area contributed by atoms with Gasteiger partial charge in [0.15, 0.2) is 0 Å². The molecule has 2 heterocycles. The first-order chi connectivity index (χ1) is 11.3. The second-order valence-electron chi connectivity index (χ2n) is 6.21. The van der Waals surface area contributed by atoms with E-state index in [9.17, 15) is 4.39 Å². The van der Waals surface area contributed by atoms with Crippen LogP contribution in [0.4, 0.5) is 4.39 Å². The van der Waals surface area contributed by atoms with Crippen molar-refractivity contribution in [1.29, 1.82) is 0 Å². The van der Waals surface area contributed by atoms with Gasteiger partial charge in [-0.3, -0.25) is 0 Å². The molecular formula is C19H20FN3. The Morgan fingerprint density at radius 3 is 2.74 bits per heavy atom. The van der Waals surface area contributed by atoms with E-state index < -0.39 is 0 Å². The first-order valence-corrected chi connectivity index (χ1v) is 8.21. The molecule has 1 saturated heterocycles. The number of nitrogens with one attached hydrogen (secondary N) is 1. The SMILES string of the molecule is Fc1ccc(Cn2c([C@@H]3CCCNC3)nc3ccccc32)cc1. The Balaban J connectivity index is 1.77. The maximum Gasteiger partial charge on any atom is 0.123 e. The lowest BCUT2D eigenvalue weighted by atomic mass is 9.98. The van der Waals surface area contributed by atoms with E-state index in [0.717, 1.165) is 42.1 Å². The second-order valence-corrected chi connectivity index (χ2v) is 6.21. The Morgan fingerprint density at radius 2 is 1.96 bits per heavy atom. The van der Waals surface area contributed by atoms with Crippen LogP contribution in [0.15, 0.2) is 48.5 Å². The molecule has 0 saturated carbocycles. The van der Waals surface area contributed by atoms with Gasteiger partial charge < -0.3 is 9.88 Å². The van der Waals surface area contributed by atoms with Crippen LogP contribution in [0.5, 0.6) is 0 Å². The van der Waals surface area contributed by atoms with Crippen molar-refractivity contribution in [2.75, 3.05) is 13.1 Å². The predicted octanol–water partition coefficient (Wildman–Crippen LogP) is 3.69. The third-order valence-electron chi connectivity index (χ3n) is 4.60. The molecule has 1 fully saturated rings. The number of imidazole rings is 1. The van der Waals surface area contributed by atoms with Crippen molar-refractivity contribution in [2.24, 2.45) is 0 Å². The van der Waals surface area contributed by atoms with E-state index >= 15 is 0 Å². The molecule has 1 N–H and O–H groups in total. The maximum absolute atomic E-state index is 13.2. The largest absolute Gasteiger partial charge is 0.323 e. The summed E-state index contributed by atoms with van der Waals surface area (Å²) >= 11 is 0. The molecular weight excluding hydrogens is 289 g/mol. The summed E-state index contributed by atoms with van der Waals surface area (Å²) in [5.74, 6) is 1.39. The van der Waals surface area contributed by atoms with Crippen molar-refractivity contribution in [3.05, 3.63) is 65.7 Å². The predicted molar refractivity (Wildman–Crippen MR) is 90.1 cm³/mol. The minimum Gasteiger partial charge on any atom is -0.323 e. The van der Waals surface area contributed by atoms with Crippen LogP contribution in [-0.2, 0) is 6.54 Å². The van der Waals surface area contributed by atoms with Gasteiger partial charge in [0.05, 0.1) is 11.0 Å². The molecule has 1 aliphatic heterocycles. The Morgan fingerprint density at radius 1 is 1.13 bits per heavy atom. The number of hydrogen-bond acceptors (Lipinski definition) is 2. The van der Waals surface area contributed by atoms with Crippen LogP contribution >= 0.6 is 0 Å². The van der Waals surface area contributed by atoms with Gasteiger partial charge >= 0.3 is 0 Å². The van der Waals surface area contributed by atoms with E-state index in [4.69, 9.17) is 4.98 Å². The van der Waals surface area contributed by atoms with Gasteiger partial charge in [0.2, 0.25) is 0 Å². The lowest BCUT2D eigenvalue weighted by Gasteiger charge is -2.23. The van der Waals surface area contributed by atoms with Crippen LogP contribution in [0.25, 0.3) is 11.0 Å². The first-order valence-electron chi connectivity index (χ1n) is 8.21. The lowest BCUT2D eigenvalue weighted by Crippen LogP contribution is -2.30. The molecule has 0 amide bonds. The van der Waals surface area contributed by atoms with Crippen molar-refractivity contribution in [3.63, 3.8) is 0 Å². The van der Waals surface area contributed by atoms with Crippen molar-refractivity contribution in [1.82, 2.24) is 14.9 Å². The molecule has 118 valence electrons. The second kappa shape index (κ2) is 6.13. The van der Waals surface area contributed by atoms with E-state index in [1.807, 2.05) is 24.3 Å². The fourth-order valence-corrected chi connectivity index (χ4v) is 3.42. The molecule has 0 unspecified atom stereocenters. The highest BCUT2D eigenvalue weighted by atomic mass is 19.1. The summed E-state index contributed by atoms with van der Waals surface area (Å²) in [6.07, 6.45) is 2.35. The molecule has 3 nitrogen and oxygen atoms in total. The molecule has 23 heavy (non-hydrogen) atoms. The normalized spacial score (nSPS) is 18.4. The average Bonchev–Trinajstić information content (AvgIpc) is 2.96. The van der Waals surface area contributed by atoms with Crippen LogP contribution in [-0.4, -0.2) is 22.6 Å². The standard InChI is InChI=1S/C19H20FN3/c20-16-9-7-14(8-10-16)13-23-18-6-2-1-5-17(18)22-19(23)15-4-3-11-21-12-15/h1-2,5-10,15,21H,3-4,11-13H2/t15-/m1/s1. The molecule has 4 rings (SSSR count). The Bertz CT molecular complexity index is 801. The molecule has 2 aromatic carbocycles. The van der Waals surface area contributed by atoms with E-state index in [1.165, 1.54) is 25.0 Å². The number of hydrogen-bond donors (Lipinski definition) is 1. The topological polar surface area (TPSA) is 29.9 Å². The number of halogens is 1. The number of benzene rings is 2. The van der Waals surface area contributed by atoms with E-state index in [1.54, 1.807) is 0 Å². The van der Waals surface area contributed by atoms with Crippen molar-refractivity contribution < 1.29 is 4.39 Å². The van der Waals surface area contributed by atoms with Gasteiger partial charge in [-0.2, -0.15) is 0 Å². The first kappa shape index (κ1) is 14.4. The number of fused-ring (bicyclic) bond motifs is 1. The zero-order chi connectivity index (χ0) is 15.6. The summed E-state index contributed by atoms with van der Waals surface area (Å²) in [5, 5.41) is 3.47. The van der Waals surface area contributed by atoms with Crippen LogP contribution in [0.2, 0.25) is 0 Å². The minimum absolute atomic E-state index is 0.194. The third kappa shape index (κ3) is 2.86. The summed E-state index contributed by atoms with van der Waals surface area (Å²) in [5.41, 5.74) is 3.28. The Kier molecular flexibility index (Phi) is 3.83. The lowest BCUT2D eigenvalue weighted by molar-refractivity contribution is 0.437. The number of piperidine rings is 1. The summed E-state index contributed by atoms with van der Waals surface area (Å²) in [6.45, 7) is 2.80. The van der Waals surface area contributed by atoms with Crippen LogP contribution in [0, 0.1) is 5.82 Å². The zero-order valence-electron chi connectivity index (χ0n) is 13.0. The van der Waals surface area contributed by atoms with E-state index in [2.05, 4.69) is 22.0 Å². The maximum atomic E-state index is 13.2. The van der Waals surface area contributed by atoms with Crippen LogP contribution in [0.3, 0.4) is 0 Å². The average molecular weight is 309 g/mol. The van der Waals surface area contributed by atoms with Crippen molar-refractivity contribution in [2.45, 2.75) is 25.3 Å². The molecule has 4 heteroatoms. The molecule has 0 radical (unpaired) electrons. The van der Waals surface area contributed by atoms with E-state index in [0.29, 0.717) is 5.92 Å². The number of para-hydroxylation sites is 2. The Labute approximate surface area is 135 Å². The van der Waals surface area contributed by atoms with Gasteiger partial charge in [0.25, 0.3) is 0 Å². The fourth-order valence-electron chi connectivity index (χ4n) is 3.42. The highest BCUT2D eigenvalue weighted by molar-refractivity contribution is 5.76. The van der Waals surface area contributed by atoms with Gasteiger partial charge in [-0.05, 0) is 49.2 Å². The monoisotopic (exact) mass is 309 g/mol. The molecule has 3 aromatic rings. The summed E-state index contributed by atoms with van der Waals surface area (Å²) in [7, 11) is 0. The summed E-state index contributed by atoms with van der Waals surface area (Å²) in [6, 6.07) is 15.0. The molecule has 0 spiro atoms.